The molecule has 0 radical (unpaired) electrons. The summed E-state index contributed by atoms with van der Waals surface area (Å²) in [5.74, 6) is -2.22. The maximum atomic E-state index is 15.6. The number of hydrogen-bond donors (Lipinski definition) is 1. The van der Waals surface area contributed by atoms with Gasteiger partial charge in [-0.1, -0.05) is 48.5 Å². The number of allylic oxidation sites excluding steroid dienone is 1. The number of para-hydroxylation sites is 1. The van der Waals surface area contributed by atoms with Crippen LogP contribution >= 0.6 is 0 Å². The standard InChI is InChI=1S/C34H34F2N6O4/c1-40(2)15-9-14-26(43)17-22-10-8-11-23(16-22)20-42-32-24(19-37-33(39-32)38-25-12-6-5-7-13-25)21-41(34(42)44)31-29(35)27(45-3)18-28(46-4)30(31)36/h5-14,16,18-19H,15,17,20-21H2,1-4H3,(H,37,38,39)/b14-9+. The van der Waals surface area contributed by atoms with E-state index in [-0.39, 0.29) is 48.6 Å². The minimum atomic E-state index is -1.05. The van der Waals surface area contributed by atoms with Crippen LogP contribution in [0.15, 0.2) is 79.0 Å². The number of ketones is 1. The second kappa shape index (κ2) is 14.2. The van der Waals surface area contributed by atoms with E-state index in [0.29, 0.717) is 17.7 Å². The van der Waals surface area contributed by atoms with Gasteiger partial charge >= 0.3 is 6.03 Å². The Morgan fingerprint density at radius 1 is 1.00 bits per heavy atom. The average molecular weight is 629 g/mol. The molecule has 0 bridgehead atoms. The van der Waals surface area contributed by atoms with Crippen molar-refractivity contribution in [1.82, 2.24) is 14.9 Å². The second-order valence-corrected chi connectivity index (χ2v) is 10.9. The first-order valence-corrected chi connectivity index (χ1v) is 14.5. The summed E-state index contributed by atoms with van der Waals surface area (Å²) in [6, 6.07) is 16.9. The number of carbonyl (C=O) groups excluding carboxylic acids is 2. The number of likely N-dealkylation sites (N-methyl/N-ethyl adjacent to an activating group) is 1. The van der Waals surface area contributed by atoms with Gasteiger partial charge in [-0.05, 0) is 43.4 Å². The van der Waals surface area contributed by atoms with Gasteiger partial charge in [0.2, 0.25) is 5.95 Å². The molecule has 46 heavy (non-hydrogen) atoms. The van der Waals surface area contributed by atoms with Crippen molar-refractivity contribution in [3.63, 3.8) is 0 Å². The maximum Gasteiger partial charge on any atom is 0.330 e. The fraction of sp³-hybridized carbons (Fsp3) is 0.235. The van der Waals surface area contributed by atoms with Crippen LogP contribution in [0.5, 0.6) is 11.5 Å². The molecule has 0 unspecified atom stereocenters. The molecule has 10 nitrogen and oxygen atoms in total. The molecule has 238 valence electrons. The normalized spacial score (nSPS) is 12.9. The topological polar surface area (TPSA) is 100 Å². The van der Waals surface area contributed by atoms with Gasteiger partial charge < -0.3 is 19.7 Å². The summed E-state index contributed by atoms with van der Waals surface area (Å²) >= 11 is 0. The molecule has 0 aliphatic carbocycles. The van der Waals surface area contributed by atoms with Gasteiger partial charge in [0.15, 0.2) is 28.9 Å². The summed E-state index contributed by atoms with van der Waals surface area (Å²) in [5, 5.41) is 3.13. The van der Waals surface area contributed by atoms with Crippen LogP contribution < -0.4 is 24.6 Å². The number of amides is 2. The lowest BCUT2D eigenvalue weighted by molar-refractivity contribution is -0.114. The Bertz CT molecular complexity index is 1740. The highest BCUT2D eigenvalue weighted by Crippen LogP contribution is 2.41. The summed E-state index contributed by atoms with van der Waals surface area (Å²) in [7, 11) is 6.31. The van der Waals surface area contributed by atoms with Gasteiger partial charge in [0.05, 0.1) is 27.3 Å². The highest BCUT2D eigenvalue weighted by atomic mass is 19.1. The average Bonchev–Trinajstić information content (AvgIpc) is 3.04. The fourth-order valence-corrected chi connectivity index (χ4v) is 5.03. The van der Waals surface area contributed by atoms with Crippen LogP contribution in [0.2, 0.25) is 0 Å². The Kier molecular flexibility index (Phi) is 9.87. The van der Waals surface area contributed by atoms with Crippen LogP contribution in [-0.4, -0.2) is 61.5 Å². The Hall–Kier alpha value is -5.36. The molecule has 2 amide bonds. The van der Waals surface area contributed by atoms with E-state index >= 15 is 8.78 Å². The van der Waals surface area contributed by atoms with Gasteiger partial charge in [-0.2, -0.15) is 4.98 Å². The molecule has 4 aromatic rings. The smallest absolute Gasteiger partial charge is 0.330 e. The van der Waals surface area contributed by atoms with Crippen LogP contribution in [0.1, 0.15) is 16.7 Å². The van der Waals surface area contributed by atoms with Crippen LogP contribution in [-0.2, 0) is 24.3 Å². The third kappa shape index (κ3) is 7.13. The van der Waals surface area contributed by atoms with E-state index in [1.54, 1.807) is 18.2 Å². The molecule has 0 saturated carbocycles. The number of nitrogens with one attached hydrogen (secondary N) is 1. The number of methoxy groups -OCH3 is 2. The summed E-state index contributed by atoms with van der Waals surface area (Å²) < 4.78 is 41.5. The van der Waals surface area contributed by atoms with Crippen LogP contribution in [0.4, 0.5) is 36.7 Å². The summed E-state index contributed by atoms with van der Waals surface area (Å²) in [6.45, 7) is 0.420. The molecule has 1 N–H and O–H groups in total. The molecule has 1 aliphatic rings. The first-order valence-electron chi connectivity index (χ1n) is 14.5. The number of rotatable bonds is 12. The lowest BCUT2D eigenvalue weighted by atomic mass is 10.0. The first-order chi connectivity index (χ1) is 22.2. The van der Waals surface area contributed by atoms with Gasteiger partial charge in [0, 0.05) is 36.5 Å². The minimum absolute atomic E-state index is 0.00698. The van der Waals surface area contributed by atoms with Gasteiger partial charge in [0.1, 0.15) is 11.5 Å². The molecular weight excluding hydrogens is 594 g/mol. The Labute approximate surface area is 265 Å². The predicted octanol–water partition coefficient (Wildman–Crippen LogP) is 5.89. The zero-order valence-corrected chi connectivity index (χ0v) is 26.0. The molecular formula is C34H34F2N6O4. The number of hydrogen-bond acceptors (Lipinski definition) is 8. The van der Waals surface area contributed by atoms with Crippen molar-refractivity contribution in [3.8, 4) is 11.5 Å². The SMILES string of the molecule is COc1cc(OC)c(F)c(N2Cc3cnc(Nc4ccccc4)nc3N(Cc3cccc(CC(=O)/C=C/CN(C)C)c3)C2=O)c1F. The van der Waals surface area contributed by atoms with E-state index in [9.17, 15) is 9.59 Å². The Morgan fingerprint density at radius 3 is 2.37 bits per heavy atom. The van der Waals surface area contributed by atoms with Gasteiger partial charge in [0.25, 0.3) is 0 Å². The molecule has 0 saturated heterocycles. The molecule has 3 aromatic carbocycles. The number of benzene rings is 3. The minimum Gasteiger partial charge on any atom is -0.493 e. The molecule has 0 atom stereocenters. The van der Waals surface area contributed by atoms with Crippen molar-refractivity contribution < 1.29 is 27.8 Å². The first kappa shape index (κ1) is 32.0. The van der Waals surface area contributed by atoms with E-state index < -0.39 is 23.4 Å². The van der Waals surface area contributed by atoms with E-state index in [1.165, 1.54) is 25.3 Å². The Morgan fingerprint density at radius 2 is 1.70 bits per heavy atom. The number of anilines is 4. The molecule has 2 heterocycles. The zero-order valence-electron chi connectivity index (χ0n) is 26.0. The van der Waals surface area contributed by atoms with E-state index in [4.69, 9.17) is 9.47 Å². The number of nitrogens with zero attached hydrogens (tertiary/aromatic N) is 5. The largest absolute Gasteiger partial charge is 0.493 e. The van der Waals surface area contributed by atoms with E-state index in [1.807, 2.05) is 67.5 Å². The van der Waals surface area contributed by atoms with Crippen LogP contribution in [0.25, 0.3) is 0 Å². The van der Waals surface area contributed by atoms with Gasteiger partial charge in [-0.3, -0.25) is 14.6 Å². The van der Waals surface area contributed by atoms with E-state index in [0.717, 1.165) is 22.2 Å². The molecule has 0 spiro atoms. The van der Waals surface area contributed by atoms with Gasteiger partial charge in [-0.15, -0.1) is 0 Å². The zero-order chi connectivity index (χ0) is 32.8. The third-order valence-corrected chi connectivity index (χ3v) is 7.22. The quantitative estimate of drug-likeness (QED) is 0.194. The lowest BCUT2D eigenvalue weighted by Crippen LogP contribution is -2.48. The summed E-state index contributed by atoms with van der Waals surface area (Å²) in [6.07, 6.45) is 5.04. The van der Waals surface area contributed by atoms with Crippen molar-refractivity contribution in [2.24, 2.45) is 0 Å². The number of halogens is 2. The predicted molar refractivity (Wildman–Crippen MR) is 172 cm³/mol. The third-order valence-electron chi connectivity index (χ3n) is 7.22. The lowest BCUT2D eigenvalue weighted by Gasteiger charge is -2.36. The molecule has 1 aliphatic heterocycles. The van der Waals surface area contributed by atoms with Crippen molar-refractivity contribution in [1.29, 1.82) is 0 Å². The van der Waals surface area contributed by atoms with Crippen molar-refractivity contribution in [2.45, 2.75) is 19.5 Å². The molecule has 1 aromatic heterocycles. The number of fused-ring (bicyclic) bond motifs is 1. The molecule has 5 rings (SSSR count). The number of aromatic nitrogens is 2. The number of ether oxygens (including phenoxy) is 2. The molecule has 0 fully saturated rings. The van der Waals surface area contributed by atoms with Crippen molar-refractivity contribution in [2.75, 3.05) is 50.0 Å². The number of urea groups is 1. The van der Waals surface area contributed by atoms with Gasteiger partial charge in [-0.25, -0.2) is 18.6 Å². The van der Waals surface area contributed by atoms with Crippen LogP contribution in [0, 0.1) is 11.6 Å². The van der Waals surface area contributed by atoms with Crippen LogP contribution in [0.3, 0.4) is 0 Å². The monoisotopic (exact) mass is 628 g/mol. The summed E-state index contributed by atoms with van der Waals surface area (Å²) in [5.41, 5.74) is 2.01. The fourth-order valence-electron chi connectivity index (χ4n) is 5.03. The maximum absolute atomic E-state index is 15.6. The highest BCUT2D eigenvalue weighted by molar-refractivity contribution is 6.05. The highest BCUT2D eigenvalue weighted by Gasteiger charge is 2.38. The van der Waals surface area contributed by atoms with Crippen molar-refractivity contribution >= 4 is 35.0 Å². The number of carbonyl (C=O) groups is 2. The Balaban J connectivity index is 1.53. The second-order valence-electron chi connectivity index (χ2n) is 10.9. The van der Waals surface area contributed by atoms with E-state index in [2.05, 4.69) is 15.3 Å². The molecule has 12 heteroatoms. The van der Waals surface area contributed by atoms with Crippen molar-refractivity contribution in [3.05, 3.63) is 107 Å². The summed E-state index contributed by atoms with van der Waals surface area (Å²) in [4.78, 5) is 40.1.